The molecule has 2 heterocycles. The summed E-state index contributed by atoms with van der Waals surface area (Å²) in [6.07, 6.45) is 6.71. The van der Waals surface area contributed by atoms with E-state index in [1.54, 1.807) is 6.07 Å². The summed E-state index contributed by atoms with van der Waals surface area (Å²) in [5.74, 6) is 2.72. The monoisotopic (exact) mass is 473 g/mol. The first kappa shape index (κ1) is 23.3. The van der Waals surface area contributed by atoms with Gasteiger partial charge in [-0.1, -0.05) is 48.9 Å². The van der Waals surface area contributed by atoms with Crippen molar-refractivity contribution >= 4 is 11.8 Å². The van der Waals surface area contributed by atoms with Crippen LogP contribution in [0, 0.1) is 0 Å². The van der Waals surface area contributed by atoms with Crippen molar-refractivity contribution in [1.82, 2.24) is 4.90 Å². The van der Waals surface area contributed by atoms with Crippen molar-refractivity contribution in [2.45, 2.75) is 48.8 Å². The second-order valence-corrected chi connectivity index (χ2v) is 10.7. The Kier molecular flexibility index (Phi) is 7.77. The minimum atomic E-state index is 0.155. The zero-order valence-corrected chi connectivity index (χ0v) is 20.7. The number of benzene rings is 3. The van der Waals surface area contributed by atoms with Crippen molar-refractivity contribution in [1.29, 1.82) is 0 Å². The maximum Gasteiger partial charge on any atom is 0.123 e. The molecule has 0 unspecified atom stereocenters. The number of fused-ring (bicyclic) bond motifs is 1. The Bertz CT molecular complexity index is 1050. The third-order valence-corrected chi connectivity index (χ3v) is 8.30. The maximum atomic E-state index is 10.2. The molecule has 1 fully saturated rings. The van der Waals surface area contributed by atoms with Gasteiger partial charge in [-0.25, -0.2) is 0 Å². The number of phenolic OH excluding ortho intramolecular Hbond substituents is 1. The van der Waals surface area contributed by atoms with Crippen molar-refractivity contribution < 1.29 is 9.84 Å². The lowest BCUT2D eigenvalue weighted by Gasteiger charge is -2.34. The van der Waals surface area contributed by atoms with Crippen LogP contribution in [-0.4, -0.2) is 42.0 Å². The van der Waals surface area contributed by atoms with Crippen LogP contribution in [0.1, 0.15) is 60.6 Å². The number of ether oxygens (including phenoxy) is 1. The van der Waals surface area contributed by atoms with Gasteiger partial charge in [-0.05, 0) is 92.5 Å². The van der Waals surface area contributed by atoms with Crippen LogP contribution in [0.5, 0.6) is 11.5 Å². The number of aromatic hydroxyl groups is 1. The topological polar surface area (TPSA) is 32.7 Å². The van der Waals surface area contributed by atoms with E-state index in [9.17, 15) is 5.11 Å². The molecule has 0 aliphatic carbocycles. The zero-order chi connectivity index (χ0) is 23.2. The molecule has 0 bridgehead atoms. The lowest BCUT2D eigenvalue weighted by atomic mass is 9.76. The first-order chi connectivity index (χ1) is 16.8. The Morgan fingerprint density at radius 3 is 2.44 bits per heavy atom. The zero-order valence-electron chi connectivity index (χ0n) is 19.9. The molecule has 0 aromatic heterocycles. The molecule has 0 amide bonds. The molecule has 2 aliphatic rings. The van der Waals surface area contributed by atoms with E-state index in [2.05, 4.69) is 59.5 Å². The summed E-state index contributed by atoms with van der Waals surface area (Å²) in [5.41, 5.74) is 3.62. The third-order valence-electron chi connectivity index (χ3n) is 7.20. The van der Waals surface area contributed by atoms with Crippen molar-refractivity contribution in [3.8, 4) is 11.5 Å². The molecule has 3 nitrogen and oxygen atoms in total. The minimum absolute atomic E-state index is 0.155. The van der Waals surface area contributed by atoms with Crippen LogP contribution in [0.4, 0.5) is 0 Å². The largest absolute Gasteiger partial charge is 0.508 e. The van der Waals surface area contributed by atoms with Gasteiger partial charge in [0.1, 0.15) is 11.5 Å². The number of phenols is 1. The second kappa shape index (κ2) is 11.3. The van der Waals surface area contributed by atoms with Gasteiger partial charge in [0, 0.05) is 22.3 Å². The van der Waals surface area contributed by atoms with Crippen LogP contribution in [0.15, 0.2) is 77.7 Å². The van der Waals surface area contributed by atoms with Crippen molar-refractivity contribution in [2.75, 3.05) is 32.0 Å². The molecule has 34 heavy (non-hydrogen) atoms. The fourth-order valence-electron chi connectivity index (χ4n) is 5.39. The van der Waals surface area contributed by atoms with Gasteiger partial charge in [-0.2, -0.15) is 0 Å². The van der Waals surface area contributed by atoms with E-state index in [1.807, 2.05) is 23.9 Å². The fourth-order valence-corrected chi connectivity index (χ4v) is 6.30. The second-order valence-electron chi connectivity index (χ2n) is 9.55. The predicted octanol–water partition coefficient (Wildman–Crippen LogP) is 7.06. The lowest BCUT2D eigenvalue weighted by molar-refractivity contribution is 0.248. The Balaban J connectivity index is 1.24. The van der Waals surface area contributed by atoms with E-state index in [-0.39, 0.29) is 17.6 Å². The van der Waals surface area contributed by atoms with E-state index < -0.39 is 0 Å². The summed E-state index contributed by atoms with van der Waals surface area (Å²) >= 11 is 1.97. The predicted molar refractivity (Wildman–Crippen MR) is 141 cm³/mol. The first-order valence-electron chi connectivity index (χ1n) is 12.7. The summed E-state index contributed by atoms with van der Waals surface area (Å²) < 4.78 is 6.12. The maximum absolute atomic E-state index is 10.2. The Morgan fingerprint density at radius 1 is 0.853 bits per heavy atom. The quantitative estimate of drug-likeness (QED) is 0.266. The van der Waals surface area contributed by atoms with E-state index in [4.69, 9.17) is 4.74 Å². The smallest absolute Gasteiger partial charge is 0.123 e. The lowest BCUT2D eigenvalue weighted by Crippen LogP contribution is -2.25. The van der Waals surface area contributed by atoms with Gasteiger partial charge in [0.25, 0.3) is 0 Å². The molecular weight excluding hydrogens is 438 g/mol. The van der Waals surface area contributed by atoms with E-state index in [1.165, 1.54) is 73.5 Å². The average Bonchev–Trinajstić information content (AvgIpc) is 3.40. The first-order valence-corrected chi connectivity index (χ1v) is 13.7. The summed E-state index contributed by atoms with van der Waals surface area (Å²) in [5, 5.41) is 10.2. The van der Waals surface area contributed by atoms with Crippen LogP contribution in [0.2, 0.25) is 0 Å². The molecule has 1 N–H and O–H groups in total. The average molecular weight is 474 g/mol. The summed E-state index contributed by atoms with van der Waals surface area (Å²) in [7, 11) is 0. The van der Waals surface area contributed by atoms with Gasteiger partial charge in [0.2, 0.25) is 0 Å². The minimum Gasteiger partial charge on any atom is -0.508 e. The van der Waals surface area contributed by atoms with Gasteiger partial charge in [-0.3, -0.25) is 0 Å². The number of likely N-dealkylation sites (tertiary alicyclic amines) is 1. The van der Waals surface area contributed by atoms with Crippen LogP contribution < -0.4 is 4.74 Å². The van der Waals surface area contributed by atoms with Gasteiger partial charge in [0.05, 0.1) is 6.61 Å². The Morgan fingerprint density at radius 2 is 1.65 bits per heavy atom. The van der Waals surface area contributed by atoms with Crippen molar-refractivity contribution in [3.63, 3.8) is 0 Å². The van der Waals surface area contributed by atoms with E-state index >= 15 is 0 Å². The highest BCUT2D eigenvalue weighted by atomic mass is 32.2. The van der Waals surface area contributed by atoms with Crippen LogP contribution in [0.3, 0.4) is 0 Å². The molecule has 2 atom stereocenters. The molecule has 0 saturated carbocycles. The molecule has 3 aromatic rings. The molecule has 3 aromatic carbocycles. The highest BCUT2D eigenvalue weighted by Gasteiger charge is 2.33. The number of hydrogen-bond donors (Lipinski definition) is 1. The van der Waals surface area contributed by atoms with Gasteiger partial charge in [0.15, 0.2) is 0 Å². The van der Waals surface area contributed by atoms with Gasteiger partial charge in [-0.15, -0.1) is 11.8 Å². The van der Waals surface area contributed by atoms with E-state index in [0.717, 1.165) is 11.3 Å². The third kappa shape index (κ3) is 5.61. The molecule has 0 spiro atoms. The van der Waals surface area contributed by atoms with E-state index in [0.29, 0.717) is 6.61 Å². The molecule has 1 saturated heterocycles. The number of hydrogen-bond acceptors (Lipinski definition) is 4. The molecule has 178 valence electrons. The van der Waals surface area contributed by atoms with Crippen LogP contribution in [0.25, 0.3) is 0 Å². The molecule has 0 radical (unpaired) electrons. The number of thioether (sulfide) groups is 1. The van der Waals surface area contributed by atoms with Crippen LogP contribution in [-0.2, 0) is 0 Å². The van der Waals surface area contributed by atoms with Crippen molar-refractivity contribution in [3.05, 3.63) is 89.5 Å². The van der Waals surface area contributed by atoms with Crippen molar-refractivity contribution in [2.24, 2.45) is 0 Å². The summed E-state index contributed by atoms with van der Waals surface area (Å²) in [6.45, 7) is 4.54. The normalized spacial score (nSPS) is 20.1. The highest BCUT2D eigenvalue weighted by molar-refractivity contribution is 7.99. The SMILES string of the molecule is Oc1ccc2c(c1)[C@H](c1ccc(SCCCCCN3CCCC3)cc1)[C@H](c1ccccc1)CO2. The van der Waals surface area contributed by atoms with Crippen LogP contribution >= 0.6 is 11.8 Å². The number of unbranched alkanes of at least 4 members (excludes halogenated alkanes) is 2. The molecule has 2 aliphatic heterocycles. The Labute approximate surface area is 208 Å². The fraction of sp³-hybridized carbons (Fsp3) is 0.400. The number of rotatable bonds is 9. The van der Waals surface area contributed by atoms with Gasteiger partial charge >= 0.3 is 0 Å². The number of nitrogens with zero attached hydrogens (tertiary/aromatic N) is 1. The Hall–Kier alpha value is -2.43. The highest BCUT2D eigenvalue weighted by Crippen LogP contribution is 2.47. The molecule has 4 heteroatoms. The standard InChI is InChI=1S/C30H35NO2S/c32-25-13-16-29-27(21-25)30(28(22-33-29)23-9-3-1-4-10-23)24-11-14-26(15-12-24)34-20-8-2-5-17-31-18-6-7-19-31/h1,3-4,9-16,21,28,30,32H,2,5-8,17-20,22H2/t28-,30-/m0/s1. The van der Waals surface area contributed by atoms with Gasteiger partial charge < -0.3 is 14.7 Å². The molecule has 5 rings (SSSR count). The summed E-state index contributed by atoms with van der Waals surface area (Å²) in [6, 6.07) is 25.2. The summed E-state index contributed by atoms with van der Waals surface area (Å²) in [4.78, 5) is 3.95. The molecular formula is C30H35NO2S.